The summed E-state index contributed by atoms with van der Waals surface area (Å²) in [4.78, 5) is 37.3. The van der Waals surface area contributed by atoms with Crippen molar-refractivity contribution in [3.63, 3.8) is 0 Å². The molecule has 0 aliphatic carbocycles. The van der Waals surface area contributed by atoms with Crippen LogP contribution in [-0.4, -0.2) is 52.6 Å². The van der Waals surface area contributed by atoms with Crippen LogP contribution in [0.5, 0.6) is 5.75 Å². The molecule has 0 atom stereocenters. The Hall–Kier alpha value is -3.64. The minimum atomic E-state index is -0.661. The van der Waals surface area contributed by atoms with Crippen LogP contribution in [-0.2, 0) is 27.4 Å². The summed E-state index contributed by atoms with van der Waals surface area (Å²) in [5.74, 6) is -0.317. The zero-order chi connectivity index (χ0) is 27.1. The van der Waals surface area contributed by atoms with Gasteiger partial charge in [0.25, 0.3) is 0 Å². The summed E-state index contributed by atoms with van der Waals surface area (Å²) >= 11 is 2.13. The summed E-state index contributed by atoms with van der Waals surface area (Å²) in [5, 5.41) is 11.9. The molecule has 0 aliphatic rings. The molecule has 0 bridgehead atoms. The Balaban J connectivity index is 1.72. The number of hydrogen-bond acceptors (Lipinski definition) is 10. The molecule has 0 radical (unpaired) electrons. The highest BCUT2D eigenvalue weighted by Gasteiger charge is 2.27. The standard InChI is InChI=1S/C25H28N4O6S2/c1-7-10-29-18(12-35-17-11-14(2)8-9-15(17)3)27-28-25(29)36-13-19(30)26-22-20(23(31)33-5)16(4)21(37-22)24(32)34-6/h7-9,11H,1,10,12-13H2,2-6H3,(H,26,30). The Bertz CT molecular complexity index is 1330. The number of thiophene rings is 1. The maximum atomic E-state index is 12.8. The average molecular weight is 545 g/mol. The molecular formula is C25H28N4O6S2. The second-order valence-electron chi connectivity index (χ2n) is 7.94. The average Bonchev–Trinajstić information content (AvgIpc) is 3.42. The molecule has 2 aromatic heterocycles. The van der Waals surface area contributed by atoms with Crippen LogP contribution < -0.4 is 10.1 Å². The number of carbonyl (C=O) groups excluding carboxylic acids is 3. The van der Waals surface area contributed by atoms with Crippen LogP contribution in [0, 0.1) is 20.8 Å². The molecule has 1 N–H and O–H groups in total. The number of amides is 1. The summed E-state index contributed by atoms with van der Waals surface area (Å²) in [6.07, 6.45) is 1.71. The first-order valence-corrected chi connectivity index (χ1v) is 13.0. The van der Waals surface area contributed by atoms with Crippen molar-refractivity contribution in [2.75, 3.05) is 25.3 Å². The van der Waals surface area contributed by atoms with Gasteiger partial charge in [0.1, 0.15) is 22.2 Å². The number of aryl methyl sites for hydroxylation is 2. The third kappa shape index (κ3) is 6.57. The number of nitrogens with one attached hydrogen (secondary N) is 1. The van der Waals surface area contributed by atoms with Gasteiger partial charge in [0.05, 0.1) is 25.5 Å². The van der Waals surface area contributed by atoms with Crippen LogP contribution in [0.2, 0.25) is 0 Å². The van der Waals surface area contributed by atoms with Crippen LogP contribution in [0.3, 0.4) is 0 Å². The van der Waals surface area contributed by atoms with E-state index in [0.29, 0.717) is 23.1 Å². The van der Waals surface area contributed by atoms with Gasteiger partial charge < -0.3 is 19.5 Å². The summed E-state index contributed by atoms with van der Waals surface area (Å²) < 4.78 is 17.4. The van der Waals surface area contributed by atoms with Crippen LogP contribution in [0.4, 0.5) is 5.00 Å². The fourth-order valence-electron chi connectivity index (χ4n) is 3.38. The van der Waals surface area contributed by atoms with E-state index < -0.39 is 17.8 Å². The number of hydrogen-bond donors (Lipinski definition) is 1. The maximum absolute atomic E-state index is 12.8. The van der Waals surface area contributed by atoms with E-state index in [-0.39, 0.29) is 27.8 Å². The van der Waals surface area contributed by atoms with Gasteiger partial charge in [-0.3, -0.25) is 9.36 Å². The topological polar surface area (TPSA) is 122 Å². The maximum Gasteiger partial charge on any atom is 0.348 e. The van der Waals surface area contributed by atoms with Crippen molar-refractivity contribution < 1.29 is 28.6 Å². The Morgan fingerprint density at radius 2 is 1.86 bits per heavy atom. The monoisotopic (exact) mass is 544 g/mol. The van der Waals surface area contributed by atoms with Crippen molar-refractivity contribution in [2.24, 2.45) is 0 Å². The molecule has 3 aromatic rings. The van der Waals surface area contributed by atoms with Crippen LogP contribution >= 0.6 is 23.1 Å². The SMILES string of the molecule is C=CCn1c(COc2cc(C)ccc2C)nnc1SCC(=O)Nc1sc(C(=O)OC)c(C)c1C(=O)OC. The van der Waals surface area contributed by atoms with Crippen LogP contribution in [0.15, 0.2) is 36.0 Å². The summed E-state index contributed by atoms with van der Waals surface area (Å²) in [5.41, 5.74) is 2.60. The van der Waals surface area contributed by atoms with Crippen LogP contribution in [0.25, 0.3) is 0 Å². The fourth-order valence-corrected chi connectivity index (χ4v) is 5.28. The second-order valence-corrected chi connectivity index (χ2v) is 9.90. The van der Waals surface area contributed by atoms with Gasteiger partial charge in [-0.1, -0.05) is 30.0 Å². The third-order valence-electron chi connectivity index (χ3n) is 5.30. The molecule has 0 spiro atoms. The Morgan fingerprint density at radius 3 is 2.54 bits per heavy atom. The zero-order valence-corrected chi connectivity index (χ0v) is 22.9. The molecule has 3 rings (SSSR count). The van der Waals surface area contributed by atoms with E-state index in [9.17, 15) is 14.4 Å². The predicted octanol–water partition coefficient (Wildman–Crippen LogP) is 4.33. The first-order valence-electron chi connectivity index (χ1n) is 11.2. The normalized spacial score (nSPS) is 10.6. The van der Waals surface area contributed by atoms with Crippen LogP contribution in [0.1, 0.15) is 42.5 Å². The minimum Gasteiger partial charge on any atom is -0.485 e. The first-order chi connectivity index (χ1) is 17.7. The van der Waals surface area contributed by atoms with Crippen molar-refractivity contribution in [3.05, 3.63) is 63.8 Å². The highest BCUT2D eigenvalue weighted by Crippen LogP contribution is 2.34. The number of allylic oxidation sites excluding steroid dienone is 1. The molecule has 12 heteroatoms. The lowest BCUT2D eigenvalue weighted by Crippen LogP contribution is -2.16. The van der Waals surface area contributed by atoms with E-state index in [1.807, 2.05) is 36.6 Å². The van der Waals surface area contributed by atoms with Gasteiger partial charge in [-0.15, -0.1) is 28.1 Å². The summed E-state index contributed by atoms with van der Waals surface area (Å²) in [7, 11) is 2.47. The third-order valence-corrected chi connectivity index (χ3v) is 7.45. The largest absolute Gasteiger partial charge is 0.485 e. The van der Waals surface area contributed by atoms with E-state index in [0.717, 1.165) is 28.2 Å². The zero-order valence-electron chi connectivity index (χ0n) is 21.2. The van der Waals surface area contributed by atoms with Crippen molar-refractivity contribution in [1.82, 2.24) is 14.8 Å². The highest BCUT2D eigenvalue weighted by atomic mass is 32.2. The number of carbonyl (C=O) groups is 3. The number of ether oxygens (including phenoxy) is 3. The molecule has 196 valence electrons. The number of rotatable bonds is 11. The van der Waals surface area contributed by atoms with Gasteiger partial charge in [0, 0.05) is 6.54 Å². The molecule has 1 amide bonds. The molecular weight excluding hydrogens is 516 g/mol. The molecule has 0 unspecified atom stereocenters. The summed E-state index contributed by atoms with van der Waals surface area (Å²) in [6.45, 7) is 9.99. The quantitative estimate of drug-likeness (QED) is 0.213. The van der Waals surface area contributed by atoms with E-state index in [2.05, 4.69) is 22.1 Å². The minimum absolute atomic E-state index is 0.0156. The number of thioether (sulfide) groups is 1. The number of benzene rings is 1. The number of esters is 2. The van der Waals surface area contributed by atoms with Gasteiger partial charge in [0.15, 0.2) is 11.0 Å². The van der Waals surface area contributed by atoms with E-state index in [1.165, 1.54) is 26.0 Å². The Kier molecular flexibility index (Phi) is 9.48. The number of nitrogens with zero attached hydrogens (tertiary/aromatic N) is 3. The predicted molar refractivity (Wildman–Crippen MR) is 142 cm³/mol. The molecule has 37 heavy (non-hydrogen) atoms. The molecule has 0 fully saturated rings. The number of aromatic nitrogens is 3. The lowest BCUT2D eigenvalue weighted by Gasteiger charge is -2.11. The number of methoxy groups -OCH3 is 2. The van der Waals surface area contributed by atoms with Gasteiger partial charge in [-0.05, 0) is 43.5 Å². The molecule has 0 aliphatic heterocycles. The lowest BCUT2D eigenvalue weighted by atomic mass is 10.1. The second kappa shape index (κ2) is 12.5. The Labute approximate surface area is 223 Å². The molecule has 2 heterocycles. The van der Waals surface area contributed by atoms with Gasteiger partial charge in [0.2, 0.25) is 5.91 Å². The highest BCUT2D eigenvalue weighted by molar-refractivity contribution is 7.99. The van der Waals surface area contributed by atoms with Gasteiger partial charge in [-0.25, -0.2) is 9.59 Å². The fraction of sp³-hybridized carbons (Fsp3) is 0.320. The lowest BCUT2D eigenvalue weighted by molar-refractivity contribution is -0.113. The molecule has 0 saturated heterocycles. The van der Waals surface area contributed by atoms with Crippen molar-refractivity contribution in [3.8, 4) is 5.75 Å². The summed E-state index contributed by atoms with van der Waals surface area (Å²) in [6, 6.07) is 5.97. The molecule has 0 saturated carbocycles. The van der Waals surface area contributed by atoms with Gasteiger partial charge in [-0.2, -0.15) is 0 Å². The molecule has 1 aromatic carbocycles. The van der Waals surface area contributed by atoms with E-state index in [4.69, 9.17) is 14.2 Å². The van der Waals surface area contributed by atoms with Crippen molar-refractivity contribution in [1.29, 1.82) is 0 Å². The van der Waals surface area contributed by atoms with Gasteiger partial charge >= 0.3 is 11.9 Å². The van der Waals surface area contributed by atoms with E-state index in [1.54, 1.807) is 13.0 Å². The number of anilines is 1. The smallest absolute Gasteiger partial charge is 0.348 e. The van der Waals surface area contributed by atoms with Crippen molar-refractivity contribution >= 4 is 45.9 Å². The Morgan fingerprint density at radius 1 is 1.14 bits per heavy atom. The first kappa shape index (κ1) is 27.9. The molecule has 10 nitrogen and oxygen atoms in total. The van der Waals surface area contributed by atoms with Crippen molar-refractivity contribution in [2.45, 2.75) is 39.1 Å². The van der Waals surface area contributed by atoms with E-state index >= 15 is 0 Å².